The van der Waals surface area contributed by atoms with E-state index in [0.717, 1.165) is 18.8 Å². The second kappa shape index (κ2) is 4.18. The molecule has 0 saturated carbocycles. The molecule has 2 heterocycles. The van der Waals surface area contributed by atoms with E-state index in [1.807, 2.05) is 0 Å². The second-order valence-electron chi connectivity index (χ2n) is 5.73. The van der Waals surface area contributed by atoms with E-state index in [1.165, 1.54) is 0 Å². The number of nitrogens with zero attached hydrogens (tertiary/aromatic N) is 2. The smallest absolute Gasteiger partial charge is 0.297 e. The number of anilines is 1. The van der Waals surface area contributed by atoms with Crippen LogP contribution in [0.1, 0.15) is 33.4 Å². The van der Waals surface area contributed by atoms with Crippen LogP contribution in [0.3, 0.4) is 0 Å². The third-order valence-electron chi connectivity index (χ3n) is 2.64. The number of morpholine rings is 1. The van der Waals surface area contributed by atoms with Gasteiger partial charge in [0.2, 0.25) is 0 Å². The van der Waals surface area contributed by atoms with Crippen LogP contribution in [0.4, 0.5) is 6.01 Å². The van der Waals surface area contributed by atoms with Gasteiger partial charge in [0.1, 0.15) is 6.26 Å². The van der Waals surface area contributed by atoms with Crippen molar-refractivity contribution < 1.29 is 9.15 Å². The fourth-order valence-electron chi connectivity index (χ4n) is 2.43. The predicted octanol–water partition coefficient (Wildman–Crippen LogP) is 2.81. The predicted molar refractivity (Wildman–Crippen MR) is 67.5 cm³/mol. The van der Waals surface area contributed by atoms with E-state index in [9.17, 15) is 0 Å². The summed E-state index contributed by atoms with van der Waals surface area (Å²) in [4.78, 5) is 6.47. The molecule has 1 saturated heterocycles. The van der Waals surface area contributed by atoms with Crippen LogP contribution in [0, 0.1) is 0 Å². The van der Waals surface area contributed by atoms with E-state index in [2.05, 4.69) is 37.6 Å². The molecule has 96 valence electrons. The van der Waals surface area contributed by atoms with Crippen molar-refractivity contribution in [1.82, 2.24) is 4.98 Å². The summed E-state index contributed by atoms with van der Waals surface area (Å²) in [7, 11) is 0. The third kappa shape index (κ3) is 2.93. The van der Waals surface area contributed by atoms with Gasteiger partial charge in [-0.15, -0.1) is 11.6 Å². The third-order valence-corrected chi connectivity index (χ3v) is 2.92. The lowest BCUT2D eigenvalue weighted by atomic mass is 9.99. The SMILES string of the molecule is CC1(C)CN(c2nc(CCl)co2)CC(C)(C)O1. The first-order valence-corrected chi connectivity index (χ1v) is 6.30. The Kier molecular flexibility index (Phi) is 3.12. The molecule has 1 aromatic rings. The fourth-order valence-corrected chi connectivity index (χ4v) is 2.55. The van der Waals surface area contributed by atoms with Gasteiger partial charge in [0.15, 0.2) is 0 Å². The first kappa shape index (κ1) is 12.7. The van der Waals surface area contributed by atoms with Crippen molar-refractivity contribution in [1.29, 1.82) is 0 Å². The summed E-state index contributed by atoms with van der Waals surface area (Å²) in [6, 6.07) is 0.630. The molecule has 0 atom stereocenters. The average molecular weight is 259 g/mol. The Labute approximate surface area is 107 Å². The number of oxazole rings is 1. The molecule has 0 bridgehead atoms. The molecule has 0 N–H and O–H groups in total. The summed E-state index contributed by atoms with van der Waals surface area (Å²) in [6.07, 6.45) is 1.61. The first-order chi connectivity index (χ1) is 7.81. The molecule has 0 aliphatic carbocycles. The highest BCUT2D eigenvalue weighted by Gasteiger charge is 2.39. The van der Waals surface area contributed by atoms with E-state index < -0.39 is 0 Å². The van der Waals surface area contributed by atoms with Gasteiger partial charge in [-0.3, -0.25) is 0 Å². The van der Waals surface area contributed by atoms with Gasteiger partial charge in [0.25, 0.3) is 6.01 Å². The van der Waals surface area contributed by atoms with Crippen molar-refractivity contribution in [2.75, 3.05) is 18.0 Å². The highest BCUT2D eigenvalue weighted by molar-refractivity contribution is 6.16. The zero-order valence-electron chi connectivity index (χ0n) is 10.8. The van der Waals surface area contributed by atoms with Gasteiger partial charge in [-0.2, -0.15) is 4.98 Å². The Bertz CT molecular complexity index is 385. The molecule has 0 radical (unpaired) electrons. The average Bonchev–Trinajstić information content (AvgIpc) is 2.60. The van der Waals surface area contributed by atoms with Crippen molar-refractivity contribution in [3.8, 4) is 0 Å². The maximum Gasteiger partial charge on any atom is 0.297 e. The lowest BCUT2D eigenvalue weighted by Gasteiger charge is -2.46. The minimum Gasteiger partial charge on any atom is -0.432 e. The number of hydrogen-bond donors (Lipinski definition) is 0. The molecule has 5 heteroatoms. The lowest BCUT2D eigenvalue weighted by Crippen LogP contribution is -2.57. The standard InChI is InChI=1S/C12H19ClN2O2/c1-11(2)7-15(8-12(3,4)17-11)10-14-9(5-13)6-16-10/h6H,5,7-8H2,1-4H3. The number of hydrogen-bond acceptors (Lipinski definition) is 4. The van der Waals surface area contributed by atoms with Crippen molar-refractivity contribution in [2.45, 2.75) is 44.8 Å². The molecule has 4 nitrogen and oxygen atoms in total. The molecular weight excluding hydrogens is 240 g/mol. The Morgan fingerprint density at radius 2 is 1.88 bits per heavy atom. The van der Waals surface area contributed by atoms with Gasteiger partial charge in [-0.05, 0) is 27.7 Å². The van der Waals surface area contributed by atoms with Crippen molar-refractivity contribution in [3.05, 3.63) is 12.0 Å². The molecule has 0 spiro atoms. The highest BCUT2D eigenvalue weighted by atomic mass is 35.5. The molecular formula is C12H19ClN2O2. The van der Waals surface area contributed by atoms with Crippen LogP contribution in [0.25, 0.3) is 0 Å². The summed E-state index contributed by atoms with van der Waals surface area (Å²) in [6.45, 7) is 9.83. The van der Waals surface area contributed by atoms with Gasteiger partial charge in [-0.1, -0.05) is 0 Å². The van der Waals surface area contributed by atoms with Crippen LogP contribution >= 0.6 is 11.6 Å². The molecule has 1 aliphatic heterocycles. The van der Waals surface area contributed by atoms with E-state index >= 15 is 0 Å². The van der Waals surface area contributed by atoms with Crippen LogP contribution in [0.5, 0.6) is 0 Å². The molecule has 0 unspecified atom stereocenters. The maximum absolute atomic E-state index is 6.01. The number of aromatic nitrogens is 1. The van der Waals surface area contributed by atoms with Gasteiger partial charge in [-0.25, -0.2) is 0 Å². The van der Waals surface area contributed by atoms with Gasteiger partial charge >= 0.3 is 0 Å². The Morgan fingerprint density at radius 3 is 2.35 bits per heavy atom. The van der Waals surface area contributed by atoms with Crippen LogP contribution in [0.15, 0.2) is 10.7 Å². The second-order valence-corrected chi connectivity index (χ2v) is 6.00. The molecule has 1 fully saturated rings. The minimum atomic E-state index is -0.211. The lowest BCUT2D eigenvalue weighted by molar-refractivity contribution is -0.134. The van der Waals surface area contributed by atoms with E-state index in [1.54, 1.807) is 6.26 Å². The normalized spacial score (nSPS) is 22.8. The Morgan fingerprint density at radius 1 is 1.29 bits per heavy atom. The van der Waals surface area contributed by atoms with Crippen LogP contribution in [0.2, 0.25) is 0 Å². The Balaban J connectivity index is 2.20. The van der Waals surface area contributed by atoms with Crippen LogP contribution in [-0.4, -0.2) is 29.3 Å². The minimum absolute atomic E-state index is 0.211. The maximum atomic E-state index is 6.01. The molecule has 17 heavy (non-hydrogen) atoms. The summed E-state index contributed by atoms with van der Waals surface area (Å²) in [5, 5.41) is 0. The monoisotopic (exact) mass is 258 g/mol. The first-order valence-electron chi connectivity index (χ1n) is 5.77. The number of rotatable bonds is 2. The van der Waals surface area contributed by atoms with Crippen molar-refractivity contribution in [2.24, 2.45) is 0 Å². The molecule has 0 amide bonds. The van der Waals surface area contributed by atoms with Gasteiger partial charge in [0.05, 0.1) is 35.9 Å². The van der Waals surface area contributed by atoms with E-state index in [-0.39, 0.29) is 11.2 Å². The van der Waals surface area contributed by atoms with E-state index in [0.29, 0.717) is 11.9 Å². The number of ether oxygens (including phenoxy) is 1. The number of alkyl halides is 1. The van der Waals surface area contributed by atoms with Gasteiger partial charge in [0, 0.05) is 0 Å². The molecule has 0 aromatic carbocycles. The summed E-state index contributed by atoms with van der Waals surface area (Å²) in [5.41, 5.74) is 0.345. The zero-order valence-corrected chi connectivity index (χ0v) is 11.5. The zero-order chi connectivity index (χ0) is 12.7. The highest BCUT2D eigenvalue weighted by Crippen LogP contribution is 2.31. The van der Waals surface area contributed by atoms with E-state index in [4.69, 9.17) is 20.8 Å². The number of halogens is 1. The van der Waals surface area contributed by atoms with Crippen LogP contribution in [-0.2, 0) is 10.6 Å². The Hall–Kier alpha value is -0.740. The van der Waals surface area contributed by atoms with Crippen molar-refractivity contribution in [3.63, 3.8) is 0 Å². The van der Waals surface area contributed by atoms with Crippen LogP contribution < -0.4 is 4.90 Å². The van der Waals surface area contributed by atoms with Crippen molar-refractivity contribution >= 4 is 17.6 Å². The summed E-state index contributed by atoms with van der Waals surface area (Å²) < 4.78 is 11.5. The topological polar surface area (TPSA) is 38.5 Å². The largest absolute Gasteiger partial charge is 0.432 e. The molecule has 1 aliphatic rings. The fraction of sp³-hybridized carbons (Fsp3) is 0.750. The summed E-state index contributed by atoms with van der Waals surface area (Å²) >= 11 is 5.73. The molecule has 1 aromatic heterocycles. The van der Waals surface area contributed by atoms with Gasteiger partial charge < -0.3 is 14.1 Å². The quantitative estimate of drug-likeness (QED) is 0.765. The summed E-state index contributed by atoms with van der Waals surface area (Å²) in [5.74, 6) is 0.376. The molecule has 2 rings (SSSR count).